The van der Waals surface area contributed by atoms with E-state index in [1.54, 1.807) is 0 Å². The molecule has 3 rings (SSSR count). The molecular weight excluding hydrogens is 224 g/mol. The van der Waals surface area contributed by atoms with Gasteiger partial charge in [0.15, 0.2) is 0 Å². The summed E-state index contributed by atoms with van der Waals surface area (Å²) in [5.74, 6) is 2.61. The molecule has 3 aliphatic rings. The van der Waals surface area contributed by atoms with Gasteiger partial charge in [-0.25, -0.2) is 0 Å². The van der Waals surface area contributed by atoms with E-state index in [-0.39, 0.29) is 6.04 Å². The van der Waals surface area contributed by atoms with Crippen LogP contribution in [0.5, 0.6) is 0 Å². The normalized spacial score (nSPS) is 40.6. The van der Waals surface area contributed by atoms with Gasteiger partial charge < -0.3 is 10.2 Å². The van der Waals surface area contributed by atoms with E-state index in [0.29, 0.717) is 11.8 Å². The topological polar surface area (TPSA) is 32.3 Å². The molecule has 18 heavy (non-hydrogen) atoms. The molecule has 2 heterocycles. The predicted molar refractivity (Wildman–Crippen MR) is 72.2 cm³/mol. The number of nitrogens with zero attached hydrogens (tertiary/aromatic N) is 1. The van der Waals surface area contributed by atoms with Crippen LogP contribution in [-0.4, -0.2) is 36.5 Å². The molecule has 0 aromatic carbocycles. The third-order valence-corrected chi connectivity index (χ3v) is 5.34. The molecule has 2 aliphatic heterocycles. The highest BCUT2D eigenvalue weighted by Crippen LogP contribution is 2.38. The van der Waals surface area contributed by atoms with Crippen molar-refractivity contribution < 1.29 is 4.79 Å². The van der Waals surface area contributed by atoms with Crippen LogP contribution in [0.4, 0.5) is 0 Å². The van der Waals surface area contributed by atoms with E-state index in [9.17, 15) is 4.79 Å². The minimum atomic E-state index is 0.144. The Hall–Kier alpha value is -0.570. The lowest BCUT2D eigenvalue weighted by Crippen LogP contribution is -2.46. The Balaban J connectivity index is 1.63. The van der Waals surface area contributed by atoms with Crippen LogP contribution < -0.4 is 5.32 Å². The number of carbonyl (C=O) groups is 1. The molecule has 0 spiro atoms. The highest BCUT2D eigenvalue weighted by Gasteiger charge is 2.43. The molecule has 0 aromatic heterocycles. The maximum absolute atomic E-state index is 12.7. The lowest BCUT2D eigenvalue weighted by molar-refractivity contribution is -0.134. The Kier molecular flexibility index (Phi) is 3.60. The molecule has 0 radical (unpaired) electrons. The number of nitrogens with one attached hydrogen (secondary N) is 1. The first-order valence-corrected chi connectivity index (χ1v) is 7.78. The molecule has 1 amide bonds. The molecule has 1 saturated carbocycles. The molecule has 3 fully saturated rings. The highest BCUT2D eigenvalue weighted by atomic mass is 16.2. The number of fused-ring (bicyclic) bond motifs is 1. The Morgan fingerprint density at radius 2 is 2.00 bits per heavy atom. The van der Waals surface area contributed by atoms with Gasteiger partial charge in [0.1, 0.15) is 0 Å². The molecule has 3 heteroatoms. The molecule has 3 nitrogen and oxygen atoms in total. The summed E-state index contributed by atoms with van der Waals surface area (Å²) in [6.07, 6.45) is 7.59. The number of rotatable bonds is 1. The average Bonchev–Trinajstić information content (AvgIpc) is 2.89. The molecule has 4 unspecified atom stereocenters. The lowest BCUT2D eigenvalue weighted by Gasteiger charge is -2.27. The second-order valence-corrected chi connectivity index (χ2v) is 6.60. The van der Waals surface area contributed by atoms with E-state index in [0.717, 1.165) is 31.5 Å². The van der Waals surface area contributed by atoms with Crippen LogP contribution in [0.1, 0.15) is 45.4 Å². The zero-order valence-corrected chi connectivity index (χ0v) is 11.5. The summed E-state index contributed by atoms with van der Waals surface area (Å²) in [6.45, 7) is 5.36. The third-order valence-electron chi connectivity index (χ3n) is 5.34. The molecule has 102 valence electrons. The maximum atomic E-state index is 12.7. The van der Waals surface area contributed by atoms with E-state index in [1.165, 1.54) is 38.5 Å². The van der Waals surface area contributed by atoms with Gasteiger partial charge in [0.25, 0.3) is 0 Å². The van der Waals surface area contributed by atoms with Crippen molar-refractivity contribution in [2.24, 2.45) is 17.8 Å². The molecule has 1 N–H and O–H groups in total. The fraction of sp³-hybridized carbons (Fsp3) is 0.933. The summed E-state index contributed by atoms with van der Waals surface area (Å²) in [4.78, 5) is 14.8. The monoisotopic (exact) mass is 250 g/mol. The van der Waals surface area contributed by atoms with E-state index in [1.807, 2.05) is 0 Å². The van der Waals surface area contributed by atoms with Crippen LogP contribution in [0.3, 0.4) is 0 Å². The Morgan fingerprint density at radius 1 is 1.11 bits per heavy atom. The van der Waals surface area contributed by atoms with Gasteiger partial charge in [0, 0.05) is 13.1 Å². The second kappa shape index (κ2) is 5.20. The molecule has 4 atom stereocenters. The van der Waals surface area contributed by atoms with Crippen molar-refractivity contribution in [1.82, 2.24) is 10.2 Å². The summed E-state index contributed by atoms with van der Waals surface area (Å²) in [5.41, 5.74) is 0. The average molecular weight is 250 g/mol. The Labute approximate surface area is 110 Å². The molecular formula is C15H26N2O. The van der Waals surface area contributed by atoms with Crippen LogP contribution in [-0.2, 0) is 4.79 Å². The van der Waals surface area contributed by atoms with Gasteiger partial charge in [-0.15, -0.1) is 0 Å². The minimum Gasteiger partial charge on any atom is -0.341 e. The van der Waals surface area contributed by atoms with E-state index in [2.05, 4.69) is 17.1 Å². The summed E-state index contributed by atoms with van der Waals surface area (Å²) >= 11 is 0. The summed E-state index contributed by atoms with van der Waals surface area (Å²) in [7, 11) is 0. The molecule has 1 aliphatic carbocycles. The number of carbonyl (C=O) groups excluding carboxylic acids is 1. The van der Waals surface area contributed by atoms with E-state index in [4.69, 9.17) is 0 Å². The summed E-state index contributed by atoms with van der Waals surface area (Å²) in [6, 6.07) is 0.144. The van der Waals surface area contributed by atoms with Crippen LogP contribution in [0, 0.1) is 17.8 Å². The lowest BCUT2D eigenvalue weighted by atomic mass is 9.93. The van der Waals surface area contributed by atoms with Gasteiger partial charge in [0.05, 0.1) is 6.04 Å². The smallest absolute Gasteiger partial charge is 0.240 e. The largest absolute Gasteiger partial charge is 0.341 e. The van der Waals surface area contributed by atoms with Crippen molar-refractivity contribution in [3.8, 4) is 0 Å². The van der Waals surface area contributed by atoms with Gasteiger partial charge in [-0.1, -0.05) is 13.3 Å². The van der Waals surface area contributed by atoms with Crippen molar-refractivity contribution in [2.45, 2.75) is 51.5 Å². The van der Waals surface area contributed by atoms with Crippen LogP contribution in [0.15, 0.2) is 0 Å². The van der Waals surface area contributed by atoms with Crippen LogP contribution in [0.2, 0.25) is 0 Å². The summed E-state index contributed by atoms with van der Waals surface area (Å²) < 4.78 is 0. The number of hydrogen-bond donors (Lipinski definition) is 1. The second-order valence-electron chi connectivity index (χ2n) is 6.60. The zero-order chi connectivity index (χ0) is 12.5. The van der Waals surface area contributed by atoms with Crippen molar-refractivity contribution in [3.05, 3.63) is 0 Å². The van der Waals surface area contributed by atoms with Gasteiger partial charge in [-0.05, 0) is 56.4 Å². The zero-order valence-electron chi connectivity index (χ0n) is 11.5. The summed E-state index contributed by atoms with van der Waals surface area (Å²) in [5, 5.41) is 3.50. The number of hydrogen-bond acceptors (Lipinski definition) is 2. The fourth-order valence-corrected chi connectivity index (χ4v) is 4.14. The molecule has 0 aromatic rings. The van der Waals surface area contributed by atoms with Gasteiger partial charge in [-0.3, -0.25) is 4.79 Å². The first-order chi connectivity index (χ1) is 8.75. The number of amides is 1. The van der Waals surface area contributed by atoms with Crippen molar-refractivity contribution in [1.29, 1.82) is 0 Å². The molecule has 0 bridgehead atoms. The van der Waals surface area contributed by atoms with Crippen molar-refractivity contribution in [2.75, 3.05) is 19.6 Å². The third kappa shape index (κ3) is 2.29. The van der Waals surface area contributed by atoms with Gasteiger partial charge >= 0.3 is 0 Å². The first kappa shape index (κ1) is 12.5. The quantitative estimate of drug-likeness (QED) is 0.772. The minimum absolute atomic E-state index is 0.144. The van der Waals surface area contributed by atoms with E-state index < -0.39 is 0 Å². The van der Waals surface area contributed by atoms with Gasteiger partial charge in [-0.2, -0.15) is 0 Å². The van der Waals surface area contributed by atoms with E-state index >= 15 is 0 Å². The maximum Gasteiger partial charge on any atom is 0.240 e. The van der Waals surface area contributed by atoms with Crippen molar-refractivity contribution in [3.63, 3.8) is 0 Å². The highest BCUT2D eigenvalue weighted by molar-refractivity contribution is 5.82. The number of likely N-dealkylation sites (tertiary alicyclic amines) is 1. The van der Waals surface area contributed by atoms with Crippen LogP contribution in [0.25, 0.3) is 0 Å². The van der Waals surface area contributed by atoms with Gasteiger partial charge in [0.2, 0.25) is 5.91 Å². The Bertz CT molecular complexity index is 318. The Morgan fingerprint density at radius 3 is 2.89 bits per heavy atom. The van der Waals surface area contributed by atoms with Crippen molar-refractivity contribution >= 4 is 5.91 Å². The first-order valence-electron chi connectivity index (χ1n) is 7.78. The predicted octanol–water partition coefficient (Wildman–Crippen LogP) is 2.02. The molecule has 2 saturated heterocycles. The standard InChI is InChI=1S/C15H26N2O/c1-11-4-3-8-17(9-7-11)15(18)14-13-6-2-5-12(13)10-16-14/h11-14,16H,2-10H2,1H3. The fourth-order valence-electron chi connectivity index (χ4n) is 4.14. The SMILES string of the molecule is CC1CCCN(C(=O)C2NCC3CCCC32)CC1. The van der Waals surface area contributed by atoms with Crippen LogP contribution >= 0.6 is 0 Å².